The zero-order valence-electron chi connectivity index (χ0n) is 17.0. The molecule has 1 fully saturated rings. The summed E-state index contributed by atoms with van der Waals surface area (Å²) in [7, 11) is 0. The summed E-state index contributed by atoms with van der Waals surface area (Å²) in [6, 6.07) is 6.41. The Morgan fingerprint density at radius 2 is 1.86 bits per heavy atom. The van der Waals surface area contributed by atoms with Gasteiger partial charge in [0, 0.05) is 36.0 Å². The highest BCUT2D eigenvalue weighted by Crippen LogP contribution is 2.30. The topological polar surface area (TPSA) is 53.5 Å². The summed E-state index contributed by atoms with van der Waals surface area (Å²) in [6.07, 6.45) is 0. The molecular weight excluding hydrogens is 377 g/mol. The van der Waals surface area contributed by atoms with E-state index in [1.807, 2.05) is 39.5 Å². The van der Waals surface area contributed by atoms with Crippen LogP contribution in [0.15, 0.2) is 29.6 Å². The van der Waals surface area contributed by atoms with E-state index in [0.717, 1.165) is 0 Å². The van der Waals surface area contributed by atoms with Gasteiger partial charge in [-0.3, -0.25) is 9.59 Å². The lowest BCUT2D eigenvalue weighted by molar-refractivity contribution is -0.143. The first kappa shape index (κ1) is 20.5. The van der Waals surface area contributed by atoms with Crippen molar-refractivity contribution in [1.29, 1.82) is 0 Å². The smallest absolute Gasteiger partial charge is 0.273 e. The van der Waals surface area contributed by atoms with Gasteiger partial charge >= 0.3 is 0 Å². The highest BCUT2D eigenvalue weighted by atomic mass is 32.1. The molecule has 28 heavy (non-hydrogen) atoms. The normalized spacial score (nSPS) is 16.9. The first-order chi connectivity index (χ1) is 13.0. The van der Waals surface area contributed by atoms with Crippen LogP contribution in [0.5, 0.6) is 0 Å². The molecule has 2 aromatic rings. The summed E-state index contributed by atoms with van der Waals surface area (Å²) in [5.74, 6) is -0.458. The largest absolute Gasteiger partial charge is 0.338 e. The molecule has 3 rings (SSSR count). The van der Waals surface area contributed by atoms with Crippen molar-refractivity contribution in [1.82, 2.24) is 14.8 Å². The second-order valence-corrected chi connectivity index (χ2v) is 9.62. The zero-order chi connectivity index (χ0) is 20.7. The maximum absolute atomic E-state index is 14.0. The second-order valence-electron chi connectivity index (χ2n) is 8.76. The number of thiazole rings is 1. The number of hydrogen-bond donors (Lipinski definition) is 0. The molecule has 1 aliphatic heterocycles. The van der Waals surface area contributed by atoms with Crippen molar-refractivity contribution < 1.29 is 14.0 Å². The predicted molar refractivity (Wildman–Crippen MR) is 109 cm³/mol. The molecule has 150 valence electrons. The molecule has 2 heterocycles. The first-order valence-electron chi connectivity index (χ1n) is 9.32. The molecule has 2 amide bonds. The van der Waals surface area contributed by atoms with Crippen LogP contribution < -0.4 is 0 Å². The lowest BCUT2D eigenvalue weighted by atomic mass is 9.91. The number of benzene rings is 1. The average Bonchev–Trinajstić information content (AvgIpc) is 3.09. The lowest BCUT2D eigenvalue weighted by Crippen LogP contribution is -2.63. The number of halogens is 1. The minimum absolute atomic E-state index is 0.0863. The Labute approximate surface area is 169 Å². The Balaban J connectivity index is 1.79. The fourth-order valence-electron chi connectivity index (χ4n) is 3.45. The third-order valence-corrected chi connectivity index (χ3v) is 5.78. The van der Waals surface area contributed by atoms with Gasteiger partial charge in [-0.25, -0.2) is 9.37 Å². The molecule has 5 nitrogen and oxygen atoms in total. The molecule has 0 saturated carbocycles. The highest BCUT2D eigenvalue weighted by Gasteiger charge is 2.41. The van der Waals surface area contributed by atoms with Gasteiger partial charge in [0.1, 0.15) is 16.5 Å². The molecule has 0 spiro atoms. The van der Waals surface area contributed by atoms with E-state index in [9.17, 15) is 14.0 Å². The van der Waals surface area contributed by atoms with Crippen LogP contribution in [0, 0.1) is 11.2 Å². The van der Waals surface area contributed by atoms with Gasteiger partial charge in [-0.2, -0.15) is 0 Å². The van der Waals surface area contributed by atoms with Crippen LogP contribution in [-0.2, 0) is 4.79 Å². The van der Waals surface area contributed by atoms with Gasteiger partial charge in [0.25, 0.3) is 5.91 Å². The van der Waals surface area contributed by atoms with Crippen LogP contribution in [0.1, 0.15) is 45.1 Å². The molecular formula is C21H26FN3O2S. The van der Waals surface area contributed by atoms with E-state index >= 15 is 0 Å². The van der Waals surface area contributed by atoms with Gasteiger partial charge in [-0.15, -0.1) is 11.3 Å². The molecule has 1 aromatic heterocycles. The fraction of sp³-hybridized carbons (Fsp3) is 0.476. The second kappa shape index (κ2) is 7.28. The van der Waals surface area contributed by atoms with Gasteiger partial charge in [-0.05, 0) is 26.0 Å². The summed E-state index contributed by atoms with van der Waals surface area (Å²) >= 11 is 1.25. The monoisotopic (exact) mass is 403 g/mol. The molecule has 0 aliphatic carbocycles. The van der Waals surface area contributed by atoms with E-state index in [1.54, 1.807) is 28.5 Å². The highest BCUT2D eigenvalue weighted by molar-refractivity contribution is 7.13. The summed E-state index contributed by atoms with van der Waals surface area (Å²) in [5.41, 5.74) is -0.262. The van der Waals surface area contributed by atoms with Gasteiger partial charge in [0.05, 0.1) is 5.54 Å². The zero-order valence-corrected chi connectivity index (χ0v) is 17.8. The third kappa shape index (κ3) is 3.94. The SMILES string of the molecule is CC(C)(C)C(=O)N1CCN(C(=O)c2csc(-c3ccccc3F)n2)C(C)(C)C1. The average molecular weight is 404 g/mol. The predicted octanol–water partition coefficient (Wildman–Crippen LogP) is 4.06. The minimum atomic E-state index is -0.516. The molecule has 0 unspecified atom stereocenters. The number of hydrogen-bond acceptors (Lipinski definition) is 4. The van der Waals surface area contributed by atoms with Crippen molar-refractivity contribution in [2.45, 2.75) is 40.2 Å². The molecule has 0 N–H and O–H groups in total. The molecule has 1 aliphatic rings. The number of carbonyl (C=O) groups excluding carboxylic acids is 2. The van der Waals surface area contributed by atoms with Gasteiger partial charge in [0.15, 0.2) is 0 Å². The number of carbonyl (C=O) groups is 2. The summed E-state index contributed by atoms with van der Waals surface area (Å²) < 4.78 is 14.0. The standard InChI is InChI=1S/C21H26FN3O2S/c1-20(2,3)19(27)24-10-11-25(21(4,5)13-24)18(26)16-12-28-17(23-16)14-8-6-7-9-15(14)22/h6-9,12H,10-11,13H2,1-5H3. The van der Waals surface area contributed by atoms with Crippen molar-refractivity contribution in [2.75, 3.05) is 19.6 Å². The van der Waals surface area contributed by atoms with Gasteiger partial charge < -0.3 is 9.80 Å². The van der Waals surface area contributed by atoms with E-state index in [4.69, 9.17) is 0 Å². The first-order valence-corrected chi connectivity index (χ1v) is 10.2. The lowest BCUT2D eigenvalue weighted by Gasteiger charge is -2.48. The van der Waals surface area contributed by atoms with Crippen LogP contribution in [0.2, 0.25) is 0 Å². The van der Waals surface area contributed by atoms with E-state index in [1.165, 1.54) is 17.4 Å². The van der Waals surface area contributed by atoms with Crippen LogP contribution in [0.3, 0.4) is 0 Å². The number of piperazine rings is 1. The number of aromatic nitrogens is 1. The number of nitrogens with zero attached hydrogens (tertiary/aromatic N) is 3. The Bertz CT molecular complexity index is 901. The van der Waals surface area contributed by atoms with E-state index in [2.05, 4.69) is 4.98 Å². The molecule has 0 radical (unpaired) electrons. The van der Waals surface area contributed by atoms with Crippen LogP contribution >= 0.6 is 11.3 Å². The van der Waals surface area contributed by atoms with Crippen molar-refractivity contribution in [2.24, 2.45) is 5.41 Å². The molecule has 1 aromatic carbocycles. The molecule has 0 bridgehead atoms. The van der Waals surface area contributed by atoms with Crippen molar-refractivity contribution >= 4 is 23.2 Å². The number of amides is 2. The fourth-order valence-corrected chi connectivity index (χ4v) is 4.27. The van der Waals surface area contributed by atoms with Crippen molar-refractivity contribution in [3.63, 3.8) is 0 Å². The quantitative estimate of drug-likeness (QED) is 0.760. The minimum Gasteiger partial charge on any atom is -0.338 e. The Hall–Kier alpha value is -2.28. The maximum Gasteiger partial charge on any atom is 0.273 e. The van der Waals surface area contributed by atoms with Gasteiger partial charge in [0.2, 0.25) is 5.91 Å². The van der Waals surface area contributed by atoms with Crippen molar-refractivity contribution in [3.8, 4) is 10.6 Å². The molecule has 1 saturated heterocycles. The Morgan fingerprint density at radius 1 is 1.18 bits per heavy atom. The summed E-state index contributed by atoms with van der Waals surface area (Å²) in [5, 5.41) is 2.16. The number of rotatable bonds is 2. The Morgan fingerprint density at radius 3 is 2.46 bits per heavy atom. The van der Waals surface area contributed by atoms with E-state index < -0.39 is 11.0 Å². The van der Waals surface area contributed by atoms with Crippen LogP contribution in [0.4, 0.5) is 4.39 Å². The summed E-state index contributed by atoms with van der Waals surface area (Å²) in [4.78, 5) is 33.7. The van der Waals surface area contributed by atoms with Crippen molar-refractivity contribution in [3.05, 3.63) is 41.2 Å². The Kier molecular flexibility index (Phi) is 5.32. The molecule has 7 heteroatoms. The van der Waals surface area contributed by atoms with Gasteiger partial charge in [-0.1, -0.05) is 32.9 Å². The van der Waals surface area contributed by atoms with Crippen LogP contribution in [0.25, 0.3) is 10.6 Å². The molecule has 0 atom stereocenters. The summed E-state index contributed by atoms with van der Waals surface area (Å²) in [6.45, 7) is 11.0. The maximum atomic E-state index is 14.0. The third-order valence-electron chi connectivity index (χ3n) is 4.90. The van der Waals surface area contributed by atoms with E-state index in [0.29, 0.717) is 35.9 Å². The van der Waals surface area contributed by atoms with E-state index in [-0.39, 0.29) is 17.6 Å². The van der Waals surface area contributed by atoms with Crippen LogP contribution in [-0.4, -0.2) is 51.8 Å².